The molecule has 5 rings (SSSR count). The summed E-state index contributed by atoms with van der Waals surface area (Å²) in [4.78, 5) is 31.5. The highest BCUT2D eigenvalue weighted by Gasteiger charge is 2.27. The Balaban J connectivity index is 1.21. The summed E-state index contributed by atoms with van der Waals surface area (Å²) in [5, 5.41) is 3.58. The van der Waals surface area contributed by atoms with Gasteiger partial charge in [0.25, 0.3) is 0 Å². The number of rotatable bonds is 6. The molecule has 0 fully saturated rings. The van der Waals surface area contributed by atoms with Crippen LogP contribution in [0.5, 0.6) is 5.75 Å². The zero-order chi connectivity index (χ0) is 22.1. The highest BCUT2D eigenvalue weighted by molar-refractivity contribution is 6.31. The summed E-state index contributed by atoms with van der Waals surface area (Å²) in [5.41, 5.74) is 4.26. The molecule has 1 unspecified atom stereocenters. The molecule has 0 aliphatic carbocycles. The summed E-state index contributed by atoms with van der Waals surface area (Å²) in [6.07, 6.45) is 4.15. The van der Waals surface area contributed by atoms with Gasteiger partial charge < -0.3 is 15.0 Å². The highest BCUT2D eigenvalue weighted by Crippen LogP contribution is 2.40. The van der Waals surface area contributed by atoms with Gasteiger partial charge in [0.05, 0.1) is 17.6 Å². The molecule has 0 saturated carbocycles. The van der Waals surface area contributed by atoms with Crippen molar-refractivity contribution in [1.82, 2.24) is 19.9 Å². The fourth-order valence-electron chi connectivity index (χ4n) is 4.11. The average Bonchev–Trinajstić information content (AvgIpc) is 3.35. The molecule has 1 aliphatic rings. The number of imidazole rings is 1. The number of fused-ring (bicyclic) bond motifs is 2. The molecular formula is C24H21ClN4O3. The second-order valence-electron chi connectivity index (χ2n) is 7.77. The number of ether oxygens (including phenoxy) is 1. The standard InChI is InChI=1S/C24H21ClN4O3/c25-17-11-16-12-18(32-23(16)19(13-17)15-5-8-26-9-6-15)14-27-22(30)7-10-29-21-4-2-1-3-20(21)28-24(29)31/h1-6,8-9,11,13,18H,7,10,12,14H2,(H,27,30)(H,28,31). The number of H-pyrrole nitrogens is 1. The van der Waals surface area contributed by atoms with Crippen molar-refractivity contribution in [2.75, 3.05) is 6.54 Å². The molecule has 4 aromatic rings. The van der Waals surface area contributed by atoms with Crippen molar-refractivity contribution in [2.45, 2.75) is 25.5 Å². The van der Waals surface area contributed by atoms with Gasteiger partial charge in [-0.2, -0.15) is 0 Å². The number of pyridine rings is 1. The monoisotopic (exact) mass is 448 g/mol. The zero-order valence-corrected chi connectivity index (χ0v) is 17.9. The van der Waals surface area contributed by atoms with Crippen LogP contribution in [0, 0.1) is 0 Å². The van der Waals surface area contributed by atoms with Gasteiger partial charge in [0, 0.05) is 47.9 Å². The van der Waals surface area contributed by atoms with Crippen molar-refractivity contribution < 1.29 is 9.53 Å². The number of halogens is 1. The maximum atomic E-state index is 12.4. The second-order valence-corrected chi connectivity index (χ2v) is 8.21. The molecule has 8 heteroatoms. The normalized spacial score (nSPS) is 14.8. The van der Waals surface area contributed by atoms with E-state index in [0.29, 0.717) is 24.5 Å². The van der Waals surface area contributed by atoms with Crippen LogP contribution in [0.25, 0.3) is 22.2 Å². The Labute approximate surface area is 189 Å². The number of aromatic nitrogens is 3. The van der Waals surface area contributed by atoms with Crippen LogP contribution in [0.1, 0.15) is 12.0 Å². The summed E-state index contributed by atoms with van der Waals surface area (Å²) < 4.78 is 7.75. The van der Waals surface area contributed by atoms with E-state index >= 15 is 0 Å². The maximum Gasteiger partial charge on any atom is 0.326 e. The van der Waals surface area contributed by atoms with Crippen molar-refractivity contribution in [3.63, 3.8) is 0 Å². The molecule has 2 aromatic heterocycles. The molecule has 0 saturated heterocycles. The lowest BCUT2D eigenvalue weighted by atomic mass is 10.0. The number of nitrogens with zero attached hydrogens (tertiary/aromatic N) is 2. The van der Waals surface area contributed by atoms with Gasteiger partial charge in [-0.25, -0.2) is 4.79 Å². The fourth-order valence-corrected chi connectivity index (χ4v) is 4.35. The third-order valence-electron chi connectivity index (χ3n) is 5.63. The molecule has 1 atom stereocenters. The van der Waals surface area contributed by atoms with E-state index in [-0.39, 0.29) is 24.1 Å². The van der Waals surface area contributed by atoms with Crippen molar-refractivity contribution >= 4 is 28.5 Å². The molecule has 0 radical (unpaired) electrons. The van der Waals surface area contributed by atoms with Crippen molar-refractivity contribution in [2.24, 2.45) is 0 Å². The SMILES string of the molecule is O=C(CCn1c(=O)[nH]c2ccccc21)NCC1Cc2cc(Cl)cc(-c3ccncc3)c2O1. The zero-order valence-electron chi connectivity index (χ0n) is 17.2. The molecule has 162 valence electrons. The maximum absolute atomic E-state index is 12.4. The number of hydrogen-bond acceptors (Lipinski definition) is 4. The molecular weight excluding hydrogens is 428 g/mol. The van der Waals surface area contributed by atoms with Crippen molar-refractivity contribution in [3.05, 3.63) is 82.0 Å². The Kier molecular flexibility index (Phi) is 5.41. The third-order valence-corrected chi connectivity index (χ3v) is 5.84. The Morgan fingerprint density at radius 1 is 1.22 bits per heavy atom. The number of benzene rings is 2. The predicted octanol–water partition coefficient (Wildman–Crippen LogP) is 3.56. The summed E-state index contributed by atoms with van der Waals surface area (Å²) in [6.45, 7) is 0.686. The first-order valence-electron chi connectivity index (χ1n) is 10.4. The van der Waals surface area contributed by atoms with E-state index in [2.05, 4.69) is 15.3 Å². The van der Waals surface area contributed by atoms with E-state index in [1.165, 1.54) is 0 Å². The Morgan fingerprint density at radius 2 is 2.03 bits per heavy atom. The molecule has 0 spiro atoms. The topological polar surface area (TPSA) is 89.0 Å². The number of aromatic amines is 1. The van der Waals surface area contributed by atoms with Gasteiger partial charge in [-0.1, -0.05) is 23.7 Å². The highest BCUT2D eigenvalue weighted by atomic mass is 35.5. The fraction of sp³-hybridized carbons (Fsp3) is 0.208. The van der Waals surface area contributed by atoms with Crippen LogP contribution in [0.2, 0.25) is 5.02 Å². The van der Waals surface area contributed by atoms with Gasteiger partial charge >= 0.3 is 5.69 Å². The number of carbonyl (C=O) groups excluding carboxylic acids is 1. The van der Waals surface area contributed by atoms with Crippen LogP contribution in [-0.4, -0.2) is 33.1 Å². The van der Waals surface area contributed by atoms with Crippen LogP contribution in [0.3, 0.4) is 0 Å². The Bertz CT molecular complexity index is 1350. The number of carbonyl (C=O) groups is 1. The molecule has 0 bridgehead atoms. The second kappa shape index (κ2) is 8.51. The Hall–Kier alpha value is -3.58. The lowest BCUT2D eigenvalue weighted by Crippen LogP contribution is -2.35. The van der Waals surface area contributed by atoms with Gasteiger partial charge in [-0.15, -0.1) is 0 Å². The smallest absolute Gasteiger partial charge is 0.326 e. The third kappa shape index (κ3) is 3.99. The Morgan fingerprint density at radius 3 is 2.88 bits per heavy atom. The van der Waals surface area contributed by atoms with Crippen LogP contribution in [0.4, 0.5) is 0 Å². The first-order chi connectivity index (χ1) is 15.6. The predicted molar refractivity (Wildman–Crippen MR) is 123 cm³/mol. The van der Waals surface area contributed by atoms with Gasteiger partial charge in [0.1, 0.15) is 11.9 Å². The van der Waals surface area contributed by atoms with Crippen LogP contribution in [-0.2, 0) is 17.8 Å². The molecule has 1 amide bonds. The minimum atomic E-state index is -0.214. The van der Waals surface area contributed by atoms with Crippen LogP contribution >= 0.6 is 11.6 Å². The quantitative estimate of drug-likeness (QED) is 0.472. The summed E-state index contributed by atoms with van der Waals surface area (Å²) in [5.74, 6) is 0.666. The van der Waals surface area contributed by atoms with Gasteiger partial charge in [0.2, 0.25) is 5.91 Å². The van der Waals surface area contributed by atoms with E-state index in [0.717, 1.165) is 33.5 Å². The minimum Gasteiger partial charge on any atom is -0.487 e. The molecule has 32 heavy (non-hydrogen) atoms. The van der Waals surface area contributed by atoms with E-state index in [1.807, 2.05) is 48.5 Å². The van der Waals surface area contributed by atoms with E-state index in [9.17, 15) is 9.59 Å². The van der Waals surface area contributed by atoms with E-state index < -0.39 is 0 Å². The van der Waals surface area contributed by atoms with Gasteiger partial charge in [-0.05, 0) is 42.0 Å². The lowest BCUT2D eigenvalue weighted by Gasteiger charge is -2.14. The first-order valence-corrected chi connectivity index (χ1v) is 10.8. The van der Waals surface area contributed by atoms with Crippen LogP contribution in [0.15, 0.2) is 65.7 Å². The average molecular weight is 449 g/mol. The molecule has 1 aliphatic heterocycles. The molecule has 2 N–H and O–H groups in total. The van der Waals surface area contributed by atoms with Crippen LogP contribution < -0.4 is 15.7 Å². The molecule has 3 heterocycles. The molecule has 7 nitrogen and oxygen atoms in total. The van der Waals surface area contributed by atoms with Crippen molar-refractivity contribution in [3.8, 4) is 16.9 Å². The van der Waals surface area contributed by atoms with Gasteiger partial charge in [0.15, 0.2) is 0 Å². The minimum absolute atomic E-state index is 0.130. The summed E-state index contributed by atoms with van der Waals surface area (Å²) in [7, 11) is 0. The number of aryl methyl sites for hydroxylation is 1. The summed E-state index contributed by atoms with van der Waals surface area (Å²) in [6, 6.07) is 15.1. The first kappa shape index (κ1) is 20.3. The van der Waals surface area contributed by atoms with E-state index in [4.69, 9.17) is 16.3 Å². The molecule has 2 aromatic carbocycles. The van der Waals surface area contributed by atoms with E-state index in [1.54, 1.807) is 17.0 Å². The summed E-state index contributed by atoms with van der Waals surface area (Å²) >= 11 is 6.33. The number of para-hydroxylation sites is 2. The number of nitrogens with one attached hydrogen (secondary N) is 2. The number of amides is 1. The number of hydrogen-bond donors (Lipinski definition) is 2. The largest absolute Gasteiger partial charge is 0.487 e. The van der Waals surface area contributed by atoms with Gasteiger partial charge in [-0.3, -0.25) is 14.3 Å². The lowest BCUT2D eigenvalue weighted by molar-refractivity contribution is -0.121. The van der Waals surface area contributed by atoms with Crippen molar-refractivity contribution in [1.29, 1.82) is 0 Å².